The van der Waals surface area contributed by atoms with Gasteiger partial charge in [0.15, 0.2) is 0 Å². The van der Waals surface area contributed by atoms with Crippen molar-refractivity contribution >= 4 is 17.6 Å². The fourth-order valence-electron chi connectivity index (χ4n) is 6.75. The van der Waals surface area contributed by atoms with Gasteiger partial charge < -0.3 is 25.0 Å². The van der Waals surface area contributed by atoms with Gasteiger partial charge in [-0.25, -0.2) is 4.98 Å². The predicted octanol–water partition coefficient (Wildman–Crippen LogP) is 4.96. The molecular weight excluding hydrogens is 587 g/mol. The second-order valence-electron chi connectivity index (χ2n) is 12.5. The van der Waals surface area contributed by atoms with E-state index in [1.54, 1.807) is 18.3 Å². The van der Waals surface area contributed by atoms with E-state index in [1.165, 1.54) is 12.1 Å². The number of anilines is 1. The number of nitrogens with zero attached hydrogens (tertiary/aromatic N) is 3. The average Bonchev–Trinajstić information content (AvgIpc) is 3.52. The Bertz CT molecular complexity index is 1660. The molecule has 0 spiro atoms. The number of fused-ring (bicyclic) bond motifs is 4. The number of likely N-dealkylation sites (N-methyl/N-ethyl adjacent to an activating group) is 1. The minimum absolute atomic E-state index is 0.0345. The summed E-state index contributed by atoms with van der Waals surface area (Å²) in [5.41, 5.74) is 1.04. The summed E-state index contributed by atoms with van der Waals surface area (Å²) in [6.45, 7) is 1.62. The number of amides is 2. The van der Waals surface area contributed by atoms with Gasteiger partial charge in [-0.3, -0.25) is 14.5 Å². The molecule has 2 N–H and O–H groups in total. The third-order valence-corrected chi connectivity index (χ3v) is 9.24. The molecule has 1 aliphatic carbocycles. The van der Waals surface area contributed by atoms with Crippen molar-refractivity contribution in [2.75, 3.05) is 32.5 Å². The number of carbonyl (C=O) groups excluding carboxylic acids is 2. The Morgan fingerprint density at radius 3 is 2.82 bits per heavy atom. The summed E-state index contributed by atoms with van der Waals surface area (Å²) in [4.78, 5) is 33.3. The monoisotopic (exact) mass is 621 g/mol. The van der Waals surface area contributed by atoms with Crippen molar-refractivity contribution in [3.63, 3.8) is 0 Å². The summed E-state index contributed by atoms with van der Waals surface area (Å²) in [6, 6.07) is 11.0. The molecule has 1 saturated carbocycles. The zero-order chi connectivity index (χ0) is 31.5. The maximum Gasteiger partial charge on any atom is 0.416 e. The Kier molecular flexibility index (Phi) is 7.44. The number of benzene rings is 2. The quantitative estimate of drug-likeness (QED) is 0.385. The smallest absolute Gasteiger partial charge is 0.416 e. The Morgan fingerprint density at radius 1 is 1.18 bits per heavy atom. The number of carbonyl (C=O) groups is 2. The normalized spacial score (nSPS) is 23.8. The highest BCUT2D eigenvalue weighted by Crippen LogP contribution is 2.54. The summed E-state index contributed by atoms with van der Waals surface area (Å²) < 4.78 is 54.7. The van der Waals surface area contributed by atoms with Crippen LogP contribution in [0.5, 0.6) is 17.2 Å². The molecule has 0 bridgehead atoms. The molecule has 236 valence electrons. The molecule has 1 saturated heterocycles. The second-order valence-corrected chi connectivity index (χ2v) is 12.5. The molecule has 4 heterocycles. The lowest BCUT2D eigenvalue weighted by Crippen LogP contribution is -2.44. The van der Waals surface area contributed by atoms with E-state index in [2.05, 4.69) is 25.4 Å². The van der Waals surface area contributed by atoms with Gasteiger partial charge in [0.25, 0.3) is 5.91 Å². The first-order valence-electron chi connectivity index (χ1n) is 15.2. The zero-order valence-electron chi connectivity index (χ0n) is 25.0. The van der Waals surface area contributed by atoms with E-state index < -0.39 is 17.6 Å². The summed E-state index contributed by atoms with van der Waals surface area (Å²) in [7, 11) is 3.98. The topological polar surface area (TPSA) is 96.0 Å². The van der Waals surface area contributed by atoms with Crippen LogP contribution in [0.1, 0.15) is 57.8 Å². The summed E-state index contributed by atoms with van der Waals surface area (Å²) in [6.07, 6.45) is -0.495. The Labute approximate surface area is 258 Å². The maximum absolute atomic E-state index is 14.2. The van der Waals surface area contributed by atoms with Crippen molar-refractivity contribution in [2.24, 2.45) is 0 Å². The largest absolute Gasteiger partial charge is 0.487 e. The van der Waals surface area contributed by atoms with Crippen molar-refractivity contribution < 1.29 is 32.2 Å². The lowest BCUT2D eigenvalue weighted by atomic mass is 10.00. The molecule has 0 radical (unpaired) electrons. The van der Waals surface area contributed by atoms with Crippen LogP contribution >= 0.6 is 0 Å². The number of ether oxygens (including phenoxy) is 2. The van der Waals surface area contributed by atoms with Crippen LogP contribution in [0.15, 0.2) is 48.7 Å². The van der Waals surface area contributed by atoms with Gasteiger partial charge >= 0.3 is 6.18 Å². The van der Waals surface area contributed by atoms with Crippen molar-refractivity contribution in [2.45, 2.75) is 62.5 Å². The van der Waals surface area contributed by atoms with Gasteiger partial charge in [0.1, 0.15) is 29.2 Å². The molecule has 4 aliphatic rings. The number of hydrogen-bond acceptors (Lipinski definition) is 7. The van der Waals surface area contributed by atoms with E-state index in [0.717, 1.165) is 36.6 Å². The van der Waals surface area contributed by atoms with Crippen LogP contribution in [0.4, 0.5) is 19.0 Å². The van der Waals surface area contributed by atoms with Crippen LogP contribution in [0.3, 0.4) is 0 Å². The van der Waals surface area contributed by atoms with Crippen LogP contribution < -0.4 is 20.1 Å². The van der Waals surface area contributed by atoms with Crippen molar-refractivity contribution in [3.05, 3.63) is 76.5 Å². The van der Waals surface area contributed by atoms with Gasteiger partial charge in [-0.05, 0) is 81.9 Å². The summed E-state index contributed by atoms with van der Waals surface area (Å²) in [5, 5.41) is 5.65. The molecule has 9 nitrogen and oxygen atoms in total. The second kappa shape index (κ2) is 11.3. The lowest BCUT2D eigenvalue weighted by molar-refractivity contribution is -0.138. The molecule has 2 fully saturated rings. The van der Waals surface area contributed by atoms with Gasteiger partial charge in [0, 0.05) is 48.4 Å². The summed E-state index contributed by atoms with van der Waals surface area (Å²) in [5.74, 6) is 1.54. The Morgan fingerprint density at radius 2 is 2.02 bits per heavy atom. The standard InChI is InChI=1S/C33H34F3N5O4/c1-40(2)20-4-3-13-41(17-20)16-19-6-5-18(14-24(19)33(34,35)36)32(43)39-29-28-23-15-21(7-9-25(23)45-30(28)29)44-26-11-12-37-31-22(26)8-10-27(42)38-31/h5-7,9,11-12,14-15,20,28-30H,3-4,8,10,13,16-17H2,1-2H3,(H,39,43)(H,37,38,42)/t20-,28+,29-,30+/m1/s1. The molecule has 7 rings (SSSR count). The summed E-state index contributed by atoms with van der Waals surface area (Å²) >= 11 is 0. The van der Waals surface area contributed by atoms with E-state index in [1.807, 2.05) is 26.2 Å². The molecule has 1 aromatic heterocycles. The first-order chi connectivity index (χ1) is 21.5. The molecule has 3 aromatic rings. The van der Waals surface area contributed by atoms with E-state index in [0.29, 0.717) is 48.5 Å². The van der Waals surface area contributed by atoms with Crippen molar-refractivity contribution in [3.8, 4) is 17.2 Å². The minimum Gasteiger partial charge on any atom is -0.487 e. The Hall–Kier alpha value is -4.16. The molecule has 2 amide bonds. The molecule has 12 heteroatoms. The minimum atomic E-state index is -4.59. The number of alkyl halides is 3. The third kappa shape index (κ3) is 5.84. The number of likely N-dealkylation sites (tertiary alicyclic amines) is 1. The number of aromatic nitrogens is 1. The van der Waals surface area contributed by atoms with Crippen molar-refractivity contribution in [1.29, 1.82) is 0 Å². The highest BCUT2D eigenvalue weighted by atomic mass is 19.4. The van der Waals surface area contributed by atoms with E-state index >= 15 is 0 Å². The lowest BCUT2D eigenvalue weighted by Gasteiger charge is -2.36. The molecule has 3 aliphatic heterocycles. The molecule has 0 unspecified atom stereocenters. The van der Waals surface area contributed by atoms with E-state index in [4.69, 9.17) is 9.47 Å². The van der Waals surface area contributed by atoms with Crippen LogP contribution in [0, 0.1) is 0 Å². The number of halogens is 3. The van der Waals surface area contributed by atoms with Gasteiger partial charge in [-0.15, -0.1) is 0 Å². The first-order valence-corrected chi connectivity index (χ1v) is 15.2. The molecule has 2 aromatic carbocycles. The third-order valence-electron chi connectivity index (χ3n) is 9.24. The van der Waals surface area contributed by atoms with Crippen LogP contribution in [0.25, 0.3) is 0 Å². The van der Waals surface area contributed by atoms with Crippen LogP contribution in [-0.4, -0.2) is 72.0 Å². The van der Waals surface area contributed by atoms with Crippen LogP contribution in [0.2, 0.25) is 0 Å². The van der Waals surface area contributed by atoms with Gasteiger partial charge in [0.2, 0.25) is 5.91 Å². The highest BCUT2D eigenvalue weighted by molar-refractivity contribution is 5.95. The number of hydrogen-bond donors (Lipinski definition) is 2. The maximum atomic E-state index is 14.2. The van der Waals surface area contributed by atoms with Gasteiger partial charge in [-0.2, -0.15) is 13.2 Å². The average molecular weight is 622 g/mol. The number of nitrogens with one attached hydrogen (secondary N) is 2. The van der Waals surface area contributed by atoms with Crippen LogP contribution in [-0.2, 0) is 23.9 Å². The van der Waals surface area contributed by atoms with Crippen molar-refractivity contribution in [1.82, 2.24) is 20.1 Å². The Balaban J connectivity index is 1.04. The molecule has 45 heavy (non-hydrogen) atoms. The fraction of sp³-hybridized carbons (Fsp3) is 0.424. The highest BCUT2D eigenvalue weighted by Gasteiger charge is 2.59. The molecular formula is C33H34F3N5O4. The van der Waals surface area contributed by atoms with Gasteiger partial charge in [0.05, 0.1) is 17.5 Å². The van der Waals surface area contributed by atoms with Gasteiger partial charge in [-0.1, -0.05) is 6.07 Å². The fourth-order valence-corrected chi connectivity index (χ4v) is 6.75. The first kappa shape index (κ1) is 29.5. The van der Waals surface area contributed by atoms with E-state index in [-0.39, 0.29) is 41.6 Å². The number of rotatable bonds is 7. The number of pyridine rings is 1. The van der Waals surface area contributed by atoms with E-state index in [9.17, 15) is 22.8 Å². The predicted molar refractivity (Wildman–Crippen MR) is 160 cm³/mol. The zero-order valence-corrected chi connectivity index (χ0v) is 25.0. The number of piperidine rings is 1. The molecule has 4 atom stereocenters. The SMILES string of the molecule is CN(C)[C@@H]1CCCN(Cc2ccc(C(=O)N[C@H]3[C@H]4Oc5ccc(Oc6ccnc7c6CCC(=O)N7)cc5[C@@H]34)cc2C(F)(F)F)C1.